The van der Waals surface area contributed by atoms with Crippen LogP contribution in [0.15, 0.2) is 91.1 Å². The summed E-state index contributed by atoms with van der Waals surface area (Å²) in [6, 6.07) is 32.2. The van der Waals surface area contributed by atoms with Gasteiger partial charge in [-0.1, -0.05) is 31.2 Å². The number of ether oxygens (including phenoxy) is 1. The van der Waals surface area contributed by atoms with Crippen molar-refractivity contribution >= 4 is 17.1 Å². The molecule has 0 saturated carbocycles. The van der Waals surface area contributed by atoms with E-state index >= 15 is 0 Å². The van der Waals surface area contributed by atoms with Crippen molar-refractivity contribution < 1.29 is 24.8 Å². The smallest absolute Gasteiger partial charge is 0.119 e. The third-order valence-electron chi connectivity index (χ3n) is 4.92. The van der Waals surface area contributed by atoms with Crippen LogP contribution in [-0.2, 0) is 26.5 Å². The van der Waals surface area contributed by atoms with Crippen molar-refractivity contribution in [1.82, 2.24) is 4.98 Å². The first kappa shape index (κ1) is 21.8. The number of aryl methyl sites for hydroxylation is 1. The first-order valence-electron chi connectivity index (χ1n) is 9.75. The monoisotopic (exact) mass is 572 g/mol. The zero-order chi connectivity index (χ0) is 20.1. The molecule has 1 aromatic heterocycles. The molecule has 4 heteroatoms. The van der Waals surface area contributed by atoms with Crippen molar-refractivity contribution in [3.8, 4) is 17.0 Å². The maximum Gasteiger partial charge on any atom is 0.119 e. The summed E-state index contributed by atoms with van der Waals surface area (Å²) in [6.07, 6.45) is 2.83. The van der Waals surface area contributed by atoms with Crippen molar-refractivity contribution in [2.24, 2.45) is 0 Å². The molecule has 1 radical (unpaired) electrons. The van der Waals surface area contributed by atoms with E-state index in [-0.39, 0.29) is 20.1 Å². The fourth-order valence-electron chi connectivity index (χ4n) is 3.32. The van der Waals surface area contributed by atoms with E-state index < -0.39 is 0 Å². The molecule has 0 spiro atoms. The third kappa shape index (κ3) is 4.78. The van der Waals surface area contributed by atoms with E-state index in [1.54, 1.807) is 13.3 Å². The largest absolute Gasteiger partial charge is 0.497 e. The summed E-state index contributed by atoms with van der Waals surface area (Å²) >= 11 is 0. The molecule has 0 aliphatic rings. The van der Waals surface area contributed by atoms with Gasteiger partial charge in [0, 0.05) is 37.7 Å². The van der Waals surface area contributed by atoms with Gasteiger partial charge in [0.05, 0.1) is 7.11 Å². The molecule has 0 fully saturated rings. The van der Waals surface area contributed by atoms with Gasteiger partial charge >= 0.3 is 0 Å². The molecule has 0 saturated heterocycles. The molecule has 3 aromatic carbocycles. The second kappa shape index (κ2) is 10.2. The number of hydrogen-bond acceptors (Lipinski definition) is 3. The second-order valence-corrected chi connectivity index (χ2v) is 6.73. The summed E-state index contributed by atoms with van der Waals surface area (Å²) < 4.78 is 5.34. The molecule has 0 unspecified atom stereocenters. The van der Waals surface area contributed by atoms with Crippen LogP contribution in [0.2, 0.25) is 0 Å². The fraction of sp³-hybridized carbons (Fsp3) is 0.115. The van der Waals surface area contributed by atoms with Crippen molar-refractivity contribution in [2.45, 2.75) is 13.3 Å². The van der Waals surface area contributed by atoms with Gasteiger partial charge in [-0.25, -0.2) is 0 Å². The SMILES string of the molecule is CCc1ccc(N(c2ccc(OC)cc2)c2cc[c-]c(-c3ccccn3)c2)cc1.[Ir]. The summed E-state index contributed by atoms with van der Waals surface area (Å²) in [4.78, 5) is 6.71. The number of hydrogen-bond donors (Lipinski definition) is 0. The van der Waals surface area contributed by atoms with Crippen molar-refractivity contribution in [2.75, 3.05) is 12.0 Å². The predicted octanol–water partition coefficient (Wildman–Crippen LogP) is 6.59. The van der Waals surface area contributed by atoms with Crippen molar-refractivity contribution in [3.05, 3.63) is 103 Å². The van der Waals surface area contributed by atoms with Gasteiger partial charge in [-0.3, -0.25) is 0 Å². The van der Waals surface area contributed by atoms with E-state index in [2.05, 4.69) is 71.4 Å². The minimum atomic E-state index is 0. The van der Waals surface area contributed by atoms with E-state index in [4.69, 9.17) is 4.74 Å². The molecule has 0 N–H and O–H groups in total. The standard InChI is InChI=1S/C26H23N2O.Ir/c1-3-20-10-12-22(13-11-20)28(23-14-16-25(29-2)17-15-23)24-8-6-7-21(19-24)26-9-4-5-18-27-26;/h4-6,8-19H,3H2,1-2H3;/q-1;. The number of methoxy groups -OCH3 is 1. The Morgan fingerprint density at radius 1 is 0.867 bits per heavy atom. The third-order valence-corrected chi connectivity index (χ3v) is 4.92. The Hall–Kier alpha value is -2.94. The minimum absolute atomic E-state index is 0. The average Bonchev–Trinajstić information content (AvgIpc) is 2.81. The Bertz CT molecular complexity index is 1020. The first-order valence-corrected chi connectivity index (χ1v) is 9.75. The zero-order valence-electron chi connectivity index (χ0n) is 17.0. The van der Waals surface area contributed by atoms with Crippen LogP contribution in [0.1, 0.15) is 12.5 Å². The maximum atomic E-state index is 5.34. The predicted molar refractivity (Wildman–Crippen MR) is 119 cm³/mol. The second-order valence-electron chi connectivity index (χ2n) is 6.73. The molecular formula is C26H23IrN2O-. The number of pyridine rings is 1. The number of benzene rings is 3. The van der Waals surface area contributed by atoms with Gasteiger partial charge in [0.2, 0.25) is 0 Å². The molecule has 4 rings (SSSR count). The van der Waals surface area contributed by atoms with Gasteiger partial charge in [0.1, 0.15) is 5.75 Å². The molecule has 1 heterocycles. The summed E-state index contributed by atoms with van der Waals surface area (Å²) in [5.74, 6) is 0.839. The van der Waals surface area contributed by atoms with Crippen molar-refractivity contribution in [1.29, 1.82) is 0 Å². The molecule has 0 aliphatic heterocycles. The summed E-state index contributed by atoms with van der Waals surface area (Å²) in [5, 5.41) is 0. The van der Waals surface area contributed by atoms with Gasteiger partial charge in [-0.15, -0.1) is 29.8 Å². The van der Waals surface area contributed by atoms with E-state index in [9.17, 15) is 0 Å². The molecule has 4 aromatic rings. The van der Waals surface area contributed by atoms with E-state index in [1.807, 2.05) is 36.4 Å². The topological polar surface area (TPSA) is 25.4 Å². The van der Waals surface area contributed by atoms with Crippen LogP contribution in [0.5, 0.6) is 5.75 Å². The Kier molecular flexibility index (Phi) is 7.40. The number of aromatic nitrogens is 1. The molecule has 0 aliphatic carbocycles. The average molecular weight is 572 g/mol. The molecule has 0 atom stereocenters. The number of anilines is 3. The fourth-order valence-corrected chi connectivity index (χ4v) is 3.32. The van der Waals surface area contributed by atoms with Crippen LogP contribution < -0.4 is 9.64 Å². The van der Waals surface area contributed by atoms with Crippen LogP contribution in [0.3, 0.4) is 0 Å². The Morgan fingerprint density at radius 3 is 2.17 bits per heavy atom. The molecular weight excluding hydrogens is 549 g/mol. The molecule has 3 nitrogen and oxygen atoms in total. The summed E-state index contributed by atoms with van der Waals surface area (Å²) in [7, 11) is 1.68. The van der Waals surface area contributed by atoms with Gasteiger partial charge in [0.15, 0.2) is 0 Å². The number of nitrogens with zero attached hydrogens (tertiary/aromatic N) is 2. The Labute approximate surface area is 191 Å². The van der Waals surface area contributed by atoms with Crippen molar-refractivity contribution in [3.63, 3.8) is 0 Å². The van der Waals surface area contributed by atoms with E-state index in [0.717, 1.165) is 40.5 Å². The molecule has 153 valence electrons. The Morgan fingerprint density at radius 2 is 1.57 bits per heavy atom. The zero-order valence-corrected chi connectivity index (χ0v) is 19.4. The minimum Gasteiger partial charge on any atom is -0.497 e. The van der Waals surface area contributed by atoms with Crippen LogP contribution in [0.25, 0.3) is 11.3 Å². The Balaban J connectivity index is 0.00000256. The van der Waals surface area contributed by atoms with Crippen LogP contribution in [0.4, 0.5) is 17.1 Å². The maximum absolute atomic E-state index is 5.34. The number of rotatable bonds is 6. The van der Waals surface area contributed by atoms with Crippen LogP contribution in [0, 0.1) is 6.07 Å². The first-order chi connectivity index (χ1) is 14.3. The molecule has 30 heavy (non-hydrogen) atoms. The van der Waals surface area contributed by atoms with Gasteiger partial charge in [0.25, 0.3) is 0 Å². The van der Waals surface area contributed by atoms with Crippen LogP contribution >= 0.6 is 0 Å². The normalized spacial score (nSPS) is 10.2. The summed E-state index contributed by atoms with van der Waals surface area (Å²) in [5.41, 5.74) is 6.41. The van der Waals surface area contributed by atoms with E-state index in [1.165, 1.54) is 5.56 Å². The quantitative estimate of drug-likeness (QED) is 0.244. The molecule has 0 bridgehead atoms. The van der Waals surface area contributed by atoms with E-state index in [0.29, 0.717) is 0 Å². The van der Waals surface area contributed by atoms with Gasteiger partial charge in [-0.05, 0) is 65.8 Å². The van der Waals surface area contributed by atoms with Crippen LogP contribution in [-0.4, -0.2) is 12.1 Å². The molecule has 0 amide bonds. The van der Waals surface area contributed by atoms with Gasteiger partial charge < -0.3 is 14.6 Å². The van der Waals surface area contributed by atoms with Gasteiger partial charge in [-0.2, -0.15) is 0 Å². The summed E-state index contributed by atoms with van der Waals surface area (Å²) in [6.45, 7) is 2.17.